The van der Waals surface area contributed by atoms with Crippen molar-refractivity contribution in [2.75, 3.05) is 0 Å². The zero-order chi connectivity index (χ0) is 15.2. The van der Waals surface area contributed by atoms with Crippen LogP contribution in [-0.2, 0) is 25.7 Å². The average molecular weight is 333 g/mol. The monoisotopic (exact) mass is 333 g/mol. The Kier molecular flexibility index (Phi) is 12.3. The zero-order valence-electron chi connectivity index (χ0n) is 13.4. The Hall–Kier alpha value is -2.53. The first-order valence-electron chi connectivity index (χ1n) is 5.65. The van der Waals surface area contributed by atoms with E-state index in [9.17, 15) is 29.7 Å². The first-order valence-corrected chi connectivity index (χ1v) is 5.65. The van der Waals surface area contributed by atoms with Crippen LogP contribution in [0.5, 0.6) is 0 Å². The molecule has 0 saturated carbocycles. The first kappa shape index (κ1) is 25.4. The molecule has 0 radical (unpaired) electrons. The number of rotatable bonds is 8. The molecule has 1 aromatic rings. The summed E-state index contributed by atoms with van der Waals surface area (Å²) >= 11 is 0. The van der Waals surface area contributed by atoms with Crippen molar-refractivity contribution in [1.82, 2.24) is 18.5 Å². The molecule has 10 heteroatoms. The van der Waals surface area contributed by atoms with Gasteiger partial charge in [-0.1, -0.05) is 30.3 Å². The Morgan fingerprint density at radius 1 is 0.870 bits per heavy atom. The average Bonchev–Trinajstić information content (AvgIpc) is 2.35. The molecule has 0 bridgehead atoms. The fourth-order valence-electron chi connectivity index (χ4n) is 1.63. The van der Waals surface area contributed by atoms with Crippen LogP contribution in [0.4, 0.5) is 0 Å². The highest BCUT2D eigenvalue weighted by Gasteiger charge is 2.33. The Morgan fingerprint density at radius 2 is 1.30 bits per heavy atom. The molecule has 0 spiro atoms. The van der Waals surface area contributed by atoms with Crippen LogP contribution in [-0.4, -0.2) is 23.5 Å². The molecule has 12 N–H and O–H groups in total. The highest BCUT2D eigenvalue weighted by Crippen LogP contribution is 2.22. The van der Waals surface area contributed by atoms with E-state index in [2.05, 4.69) is 0 Å². The van der Waals surface area contributed by atoms with Gasteiger partial charge in [-0.3, -0.25) is 0 Å². The molecule has 0 saturated heterocycles. The molecule has 0 aliphatic carbocycles. The third-order valence-corrected chi connectivity index (χ3v) is 2.59. The zero-order valence-corrected chi connectivity index (χ0v) is 13.4. The summed E-state index contributed by atoms with van der Waals surface area (Å²) in [5.74, 6) is -5.46. The molecule has 10 nitrogen and oxygen atoms in total. The standard InChI is InChI=1S/C13H14O7.3H3N/c14-10(15)6-13(12(18)19,7-11(16)17)20-8-9-4-2-1-3-5-9;;;/h1-5H,6-8H2,(H,14,15)(H,16,17)(H,18,19);3*1H3. The number of carboxylic acids is 3. The first-order chi connectivity index (χ1) is 9.35. The van der Waals surface area contributed by atoms with Gasteiger partial charge in [-0.05, 0) is 5.56 Å². The number of carbonyl (C=O) groups is 3. The number of benzene rings is 1. The van der Waals surface area contributed by atoms with Gasteiger partial charge in [0.2, 0.25) is 0 Å². The second-order valence-corrected chi connectivity index (χ2v) is 4.15. The van der Waals surface area contributed by atoms with Gasteiger partial charge in [0.15, 0.2) is 0 Å². The molecule has 0 aliphatic rings. The highest BCUT2D eigenvalue weighted by molar-refractivity contribution is 5.86. The summed E-state index contributed by atoms with van der Waals surface area (Å²) in [6, 6.07) is 8.27. The van der Waals surface area contributed by atoms with E-state index in [1.54, 1.807) is 30.3 Å². The molecule has 0 fully saturated rings. The van der Waals surface area contributed by atoms with Gasteiger partial charge in [0.05, 0.1) is 12.6 Å². The Balaban J connectivity index is -0.00000133. The maximum atomic E-state index is 11.1. The van der Waals surface area contributed by atoms with Crippen molar-refractivity contribution in [2.45, 2.75) is 25.0 Å². The van der Waals surface area contributed by atoms with E-state index in [0.29, 0.717) is 5.56 Å². The van der Waals surface area contributed by atoms with Crippen molar-refractivity contribution in [3.8, 4) is 0 Å². The number of carbonyl (C=O) groups excluding carboxylic acids is 3. The van der Waals surface area contributed by atoms with Gasteiger partial charge in [0, 0.05) is 24.8 Å². The summed E-state index contributed by atoms with van der Waals surface area (Å²) < 4.78 is 5.00. The van der Waals surface area contributed by atoms with Gasteiger partial charge in [-0.15, -0.1) is 0 Å². The lowest BCUT2D eigenvalue weighted by molar-refractivity contribution is -0.344. The molecule has 0 unspecified atom stereocenters. The van der Waals surface area contributed by atoms with Crippen LogP contribution in [0.1, 0.15) is 18.4 Å². The van der Waals surface area contributed by atoms with E-state index in [1.165, 1.54) is 0 Å². The number of quaternary nitrogens is 3. The van der Waals surface area contributed by atoms with Crippen LogP contribution < -0.4 is 33.8 Å². The summed E-state index contributed by atoms with van der Waals surface area (Å²) in [5, 5.41) is 32.3. The summed E-state index contributed by atoms with van der Waals surface area (Å²) in [6.45, 7) is -0.282. The minimum atomic E-state index is -2.52. The van der Waals surface area contributed by atoms with Crippen LogP contribution in [0, 0.1) is 0 Å². The third-order valence-electron chi connectivity index (χ3n) is 2.59. The van der Waals surface area contributed by atoms with Gasteiger partial charge in [-0.2, -0.15) is 0 Å². The topological polar surface area (TPSA) is 239 Å². The van der Waals surface area contributed by atoms with Crippen LogP contribution in [0.3, 0.4) is 0 Å². The lowest BCUT2D eigenvalue weighted by atomic mass is 9.95. The second-order valence-electron chi connectivity index (χ2n) is 4.15. The largest absolute Gasteiger partial charge is 0.550 e. The lowest BCUT2D eigenvalue weighted by Crippen LogP contribution is -2.55. The Bertz CT molecular complexity index is 492. The summed E-state index contributed by atoms with van der Waals surface area (Å²) in [5.41, 5.74) is -1.97. The molecule has 1 aromatic carbocycles. The minimum Gasteiger partial charge on any atom is -0.550 e. The molecular formula is C13H23N3O7. The molecule has 0 aliphatic heterocycles. The van der Waals surface area contributed by atoms with Crippen LogP contribution in [0.25, 0.3) is 0 Å². The maximum Gasteiger partial charge on any atom is 0.118 e. The minimum absolute atomic E-state index is 0. The quantitative estimate of drug-likeness (QED) is 0.487. The Labute approximate surface area is 132 Å². The molecule has 23 heavy (non-hydrogen) atoms. The predicted octanol–water partition coefficient (Wildman–Crippen LogP) is -1.90. The molecule has 0 aromatic heterocycles. The summed E-state index contributed by atoms with van der Waals surface area (Å²) in [6.07, 6.45) is -2.29. The third kappa shape index (κ3) is 7.87. The van der Waals surface area contributed by atoms with Gasteiger partial charge >= 0.3 is 0 Å². The van der Waals surface area contributed by atoms with Crippen molar-refractivity contribution in [3.05, 3.63) is 35.9 Å². The number of carboxylic acid groups (broad SMARTS) is 3. The highest BCUT2D eigenvalue weighted by atomic mass is 16.5. The fraction of sp³-hybridized carbons (Fsp3) is 0.308. The van der Waals surface area contributed by atoms with Crippen LogP contribution in [0.2, 0.25) is 0 Å². The van der Waals surface area contributed by atoms with E-state index in [-0.39, 0.29) is 25.1 Å². The number of hydrogen-bond donors (Lipinski definition) is 3. The van der Waals surface area contributed by atoms with E-state index in [4.69, 9.17) is 4.74 Å². The fourth-order valence-corrected chi connectivity index (χ4v) is 1.63. The predicted molar refractivity (Wildman–Crippen MR) is 76.2 cm³/mol. The van der Waals surface area contributed by atoms with Crippen molar-refractivity contribution in [3.63, 3.8) is 0 Å². The smallest absolute Gasteiger partial charge is 0.118 e. The van der Waals surface area contributed by atoms with Crippen molar-refractivity contribution in [2.24, 2.45) is 0 Å². The van der Waals surface area contributed by atoms with Crippen molar-refractivity contribution < 1.29 is 34.4 Å². The second kappa shape index (κ2) is 11.1. The summed E-state index contributed by atoms with van der Waals surface area (Å²) in [7, 11) is 0. The number of ether oxygens (including phenoxy) is 1. The summed E-state index contributed by atoms with van der Waals surface area (Å²) in [4.78, 5) is 32.3. The Morgan fingerprint density at radius 3 is 1.65 bits per heavy atom. The van der Waals surface area contributed by atoms with E-state index < -0.39 is 36.4 Å². The molecule has 0 heterocycles. The van der Waals surface area contributed by atoms with E-state index in [0.717, 1.165) is 0 Å². The molecule has 0 atom stereocenters. The molecule has 132 valence electrons. The van der Waals surface area contributed by atoms with Gasteiger partial charge < -0.3 is 52.9 Å². The molecule has 0 amide bonds. The lowest BCUT2D eigenvalue weighted by Gasteiger charge is -2.35. The SMILES string of the molecule is O=C([O-])CC(CC(=O)[O-])(OCc1ccccc1)C(=O)[O-].[NH4+].[NH4+].[NH4+]. The van der Waals surface area contributed by atoms with Gasteiger partial charge in [0.25, 0.3) is 0 Å². The molecular weight excluding hydrogens is 310 g/mol. The van der Waals surface area contributed by atoms with Crippen molar-refractivity contribution in [1.29, 1.82) is 0 Å². The maximum absolute atomic E-state index is 11.1. The van der Waals surface area contributed by atoms with Crippen molar-refractivity contribution >= 4 is 17.9 Å². The van der Waals surface area contributed by atoms with Gasteiger partial charge in [0.1, 0.15) is 5.60 Å². The number of hydrogen-bond acceptors (Lipinski definition) is 7. The van der Waals surface area contributed by atoms with E-state index in [1.807, 2.05) is 0 Å². The normalized spacial score (nSPS) is 9.57. The van der Waals surface area contributed by atoms with E-state index >= 15 is 0 Å². The van der Waals surface area contributed by atoms with Crippen LogP contribution >= 0.6 is 0 Å². The molecule has 1 rings (SSSR count). The number of aliphatic carboxylic acids is 3. The van der Waals surface area contributed by atoms with Gasteiger partial charge in [-0.25, -0.2) is 0 Å². The van der Waals surface area contributed by atoms with Crippen LogP contribution in [0.15, 0.2) is 30.3 Å².